The summed E-state index contributed by atoms with van der Waals surface area (Å²) < 4.78 is 7.24. The van der Waals surface area contributed by atoms with Crippen molar-refractivity contribution in [2.45, 2.75) is 50.9 Å². The van der Waals surface area contributed by atoms with Crippen LogP contribution in [0.15, 0.2) is 24.4 Å². The van der Waals surface area contributed by atoms with Crippen LogP contribution in [0, 0.1) is 0 Å². The third-order valence-corrected chi connectivity index (χ3v) is 7.18. The van der Waals surface area contributed by atoms with Gasteiger partial charge in [-0.3, -0.25) is 9.69 Å². The zero-order valence-corrected chi connectivity index (χ0v) is 20.6. The van der Waals surface area contributed by atoms with Crippen molar-refractivity contribution in [1.82, 2.24) is 19.3 Å². The van der Waals surface area contributed by atoms with E-state index in [-0.39, 0.29) is 37.6 Å². The van der Waals surface area contributed by atoms with Gasteiger partial charge in [0.1, 0.15) is 6.04 Å². The number of aryl methyl sites for hydroxylation is 1. The largest absolute Gasteiger partial charge is 0.465 e. The van der Waals surface area contributed by atoms with Gasteiger partial charge in [0.25, 0.3) is 0 Å². The maximum atomic E-state index is 13.7. The molecule has 35 heavy (non-hydrogen) atoms. The van der Waals surface area contributed by atoms with E-state index < -0.39 is 18.2 Å². The normalized spacial score (nSPS) is 19.1. The highest BCUT2D eigenvalue weighted by molar-refractivity contribution is 6.35. The summed E-state index contributed by atoms with van der Waals surface area (Å²) in [6, 6.07) is 4.53. The predicted molar refractivity (Wildman–Crippen MR) is 130 cm³/mol. The molecule has 1 aromatic heterocycles. The number of rotatable bonds is 8. The van der Waals surface area contributed by atoms with Crippen LogP contribution in [0.4, 0.5) is 9.59 Å². The topological polar surface area (TPSA) is 116 Å². The Bertz CT molecular complexity index is 1120. The van der Waals surface area contributed by atoms with E-state index in [1.807, 2.05) is 31.3 Å². The van der Waals surface area contributed by atoms with Crippen LogP contribution >= 0.6 is 11.6 Å². The zero-order valence-electron chi connectivity index (χ0n) is 19.9. The monoisotopic (exact) mass is 506 g/mol. The fraction of sp³-hybridized carbons (Fsp3) is 0.542. The van der Waals surface area contributed by atoms with Gasteiger partial charge in [0, 0.05) is 56.5 Å². The number of carbonyl (C=O) groups excluding carboxylic acids is 1. The maximum absolute atomic E-state index is 13.7. The lowest BCUT2D eigenvalue weighted by Gasteiger charge is -2.41. The Kier molecular flexibility index (Phi) is 7.42. The first-order valence-corrected chi connectivity index (χ1v) is 12.2. The lowest BCUT2D eigenvalue weighted by molar-refractivity contribution is -0.141. The molecule has 10 nitrogen and oxygen atoms in total. The van der Waals surface area contributed by atoms with Crippen LogP contribution in [-0.4, -0.2) is 93.0 Å². The number of hydrogen-bond acceptors (Lipinski definition) is 4. The first kappa shape index (κ1) is 25.1. The zero-order chi connectivity index (χ0) is 25.3. The molecule has 2 N–H and O–H groups in total. The molecular weight excluding hydrogens is 476 g/mol. The van der Waals surface area contributed by atoms with E-state index in [2.05, 4.69) is 4.57 Å². The molecule has 2 fully saturated rings. The number of aromatic nitrogens is 1. The van der Waals surface area contributed by atoms with E-state index >= 15 is 0 Å². The van der Waals surface area contributed by atoms with Gasteiger partial charge in [0.2, 0.25) is 5.91 Å². The van der Waals surface area contributed by atoms with Crippen LogP contribution in [0.2, 0.25) is 5.02 Å². The molecular formula is C24H31ClN4O6. The number of methoxy groups -OCH3 is 1. The Morgan fingerprint density at radius 1 is 1.20 bits per heavy atom. The Morgan fingerprint density at radius 2 is 1.94 bits per heavy atom. The first-order chi connectivity index (χ1) is 16.7. The van der Waals surface area contributed by atoms with Crippen molar-refractivity contribution in [1.29, 1.82) is 0 Å². The van der Waals surface area contributed by atoms with Gasteiger partial charge in [-0.1, -0.05) is 23.7 Å². The quantitative estimate of drug-likeness (QED) is 0.527. The van der Waals surface area contributed by atoms with Gasteiger partial charge < -0.3 is 29.3 Å². The summed E-state index contributed by atoms with van der Waals surface area (Å²) in [5.41, 5.74) is 1.87. The van der Waals surface area contributed by atoms with Gasteiger partial charge in [-0.25, -0.2) is 9.59 Å². The van der Waals surface area contributed by atoms with Gasteiger partial charge in [-0.05, 0) is 37.8 Å². The van der Waals surface area contributed by atoms with Crippen molar-refractivity contribution in [3.05, 3.63) is 35.0 Å². The SMILES string of the molecule is COCCCn1cc(Cl)c2ccc([C@H](C)N(C(=O)[C@H]3CN(C(=O)O)CCN3C(=O)O)C3CC3)cc21. The van der Waals surface area contributed by atoms with E-state index in [1.54, 1.807) is 12.0 Å². The second-order valence-corrected chi connectivity index (χ2v) is 9.57. The highest BCUT2D eigenvalue weighted by atomic mass is 35.5. The number of nitrogens with zero attached hydrogens (tertiary/aromatic N) is 4. The highest BCUT2D eigenvalue weighted by Gasteiger charge is 2.44. The minimum absolute atomic E-state index is 0.00104. The second-order valence-electron chi connectivity index (χ2n) is 9.17. The molecule has 2 aromatic rings. The molecule has 190 valence electrons. The number of benzene rings is 1. The molecule has 11 heteroatoms. The molecule has 1 aliphatic carbocycles. The fourth-order valence-corrected chi connectivity index (χ4v) is 5.14. The van der Waals surface area contributed by atoms with Gasteiger partial charge in [-0.15, -0.1) is 0 Å². The Balaban J connectivity index is 1.63. The summed E-state index contributed by atoms with van der Waals surface area (Å²) in [5, 5.41) is 20.7. The molecule has 2 aliphatic rings. The molecule has 1 aromatic carbocycles. The Labute approximate surface area is 208 Å². The highest BCUT2D eigenvalue weighted by Crippen LogP contribution is 2.37. The number of amides is 3. The van der Waals surface area contributed by atoms with Crippen LogP contribution in [0.25, 0.3) is 10.9 Å². The molecule has 0 radical (unpaired) electrons. The van der Waals surface area contributed by atoms with Gasteiger partial charge >= 0.3 is 12.2 Å². The summed E-state index contributed by atoms with van der Waals surface area (Å²) in [7, 11) is 1.66. The van der Waals surface area contributed by atoms with E-state index in [0.29, 0.717) is 11.6 Å². The summed E-state index contributed by atoms with van der Waals surface area (Å²) in [6.07, 6.45) is 2.01. The molecule has 1 saturated carbocycles. The standard InChI is InChI=1S/C24H31ClN4O6/c1-15(16-4-7-18-19(25)13-26(20(18)12-16)8-3-11-35-2)29(17-5-6-17)22(30)21-14-27(23(31)32)9-10-28(21)24(33)34/h4,7,12-13,15,17,21H,3,5-6,8-11,14H2,1-2H3,(H,31,32)(H,33,34)/t15-,21+/m0/s1. The molecule has 2 atom stereocenters. The third-order valence-electron chi connectivity index (χ3n) is 6.88. The van der Waals surface area contributed by atoms with Gasteiger partial charge in [0.05, 0.1) is 17.6 Å². The number of fused-ring (bicyclic) bond motifs is 1. The van der Waals surface area contributed by atoms with Crippen molar-refractivity contribution in [3.8, 4) is 0 Å². The lowest BCUT2D eigenvalue weighted by Crippen LogP contribution is -2.62. The molecule has 0 bridgehead atoms. The molecule has 1 saturated heterocycles. The average molecular weight is 507 g/mol. The summed E-state index contributed by atoms with van der Waals surface area (Å²) in [5.74, 6) is -0.359. The summed E-state index contributed by atoms with van der Waals surface area (Å²) in [4.78, 5) is 41.1. The minimum atomic E-state index is -1.22. The number of hydrogen-bond donors (Lipinski definition) is 2. The van der Waals surface area contributed by atoms with Crippen LogP contribution in [-0.2, 0) is 16.1 Å². The smallest absolute Gasteiger partial charge is 0.408 e. The fourth-order valence-electron chi connectivity index (χ4n) is 4.86. The van der Waals surface area contributed by atoms with Crippen LogP contribution in [0.1, 0.15) is 37.8 Å². The third kappa shape index (κ3) is 5.18. The molecule has 0 unspecified atom stereocenters. The van der Waals surface area contributed by atoms with Crippen molar-refractivity contribution in [3.63, 3.8) is 0 Å². The Hall–Kier alpha value is -2.98. The minimum Gasteiger partial charge on any atom is -0.465 e. The number of ether oxygens (including phenoxy) is 1. The van der Waals surface area contributed by atoms with Gasteiger partial charge in [0.15, 0.2) is 0 Å². The van der Waals surface area contributed by atoms with E-state index in [9.17, 15) is 24.6 Å². The lowest BCUT2D eigenvalue weighted by atomic mass is 10.0. The van der Waals surface area contributed by atoms with E-state index in [1.165, 1.54) is 0 Å². The van der Waals surface area contributed by atoms with Crippen molar-refractivity contribution < 1.29 is 29.3 Å². The maximum Gasteiger partial charge on any atom is 0.408 e. The van der Waals surface area contributed by atoms with E-state index in [4.69, 9.17) is 16.3 Å². The second kappa shape index (κ2) is 10.3. The Morgan fingerprint density at radius 3 is 2.57 bits per heavy atom. The van der Waals surface area contributed by atoms with Crippen LogP contribution in [0.3, 0.4) is 0 Å². The number of carbonyl (C=O) groups is 3. The number of halogens is 1. The van der Waals surface area contributed by atoms with Crippen molar-refractivity contribution >= 4 is 40.6 Å². The number of carboxylic acid groups (broad SMARTS) is 2. The van der Waals surface area contributed by atoms with Gasteiger partial charge in [-0.2, -0.15) is 0 Å². The molecule has 0 spiro atoms. The first-order valence-electron chi connectivity index (χ1n) is 11.8. The van der Waals surface area contributed by atoms with Crippen LogP contribution in [0.5, 0.6) is 0 Å². The van der Waals surface area contributed by atoms with Crippen LogP contribution < -0.4 is 0 Å². The van der Waals surface area contributed by atoms with Crippen molar-refractivity contribution in [2.75, 3.05) is 33.4 Å². The predicted octanol–water partition coefficient (Wildman–Crippen LogP) is 3.73. The molecule has 2 heterocycles. The summed E-state index contributed by atoms with van der Waals surface area (Å²) >= 11 is 6.45. The molecule has 4 rings (SSSR count). The van der Waals surface area contributed by atoms with Crippen molar-refractivity contribution in [2.24, 2.45) is 0 Å². The molecule has 1 aliphatic heterocycles. The summed E-state index contributed by atoms with van der Waals surface area (Å²) in [6.45, 7) is 3.13. The molecule has 3 amide bonds. The number of piperazine rings is 1. The van der Waals surface area contributed by atoms with E-state index in [0.717, 1.165) is 52.1 Å². The average Bonchev–Trinajstić information content (AvgIpc) is 3.62.